The minimum atomic E-state index is -3.10. The predicted octanol–water partition coefficient (Wildman–Crippen LogP) is 2.76. The molecule has 6 nitrogen and oxygen atoms in total. The molecule has 1 aliphatic rings. The van der Waals surface area contributed by atoms with Gasteiger partial charge in [-0.1, -0.05) is 35.5 Å². The van der Waals surface area contributed by atoms with E-state index < -0.39 is 10.0 Å². The summed E-state index contributed by atoms with van der Waals surface area (Å²) in [6.07, 6.45) is 2.10. The Hall–Kier alpha value is -1.09. The molecule has 1 aromatic carbocycles. The topological polar surface area (TPSA) is 76.3 Å². The van der Waals surface area contributed by atoms with Gasteiger partial charge < -0.3 is 4.42 Å². The second-order valence-electron chi connectivity index (χ2n) is 5.44. The van der Waals surface area contributed by atoms with E-state index in [1.54, 1.807) is 6.07 Å². The van der Waals surface area contributed by atoms with Crippen LogP contribution in [0.3, 0.4) is 0 Å². The molecule has 1 fully saturated rings. The predicted molar refractivity (Wildman–Crippen MR) is 90.0 cm³/mol. The molecule has 0 amide bonds. The highest BCUT2D eigenvalue weighted by Crippen LogP contribution is 2.30. The first-order valence-corrected chi connectivity index (χ1v) is 10.3. The number of nitrogens with zero attached hydrogens (tertiary/aromatic N) is 3. The van der Waals surface area contributed by atoms with Crippen LogP contribution >= 0.6 is 23.4 Å². The molecular formula is C14H16ClN3O3S2. The van der Waals surface area contributed by atoms with Crippen molar-refractivity contribution in [2.75, 3.05) is 25.1 Å². The molecule has 23 heavy (non-hydrogen) atoms. The number of sulfonamides is 1. The van der Waals surface area contributed by atoms with E-state index in [2.05, 4.69) is 10.2 Å². The lowest BCUT2D eigenvalue weighted by atomic mass is 10.2. The first kappa shape index (κ1) is 16.8. The fraction of sp³-hybridized carbons (Fsp3) is 0.429. The van der Waals surface area contributed by atoms with Gasteiger partial charge in [0.05, 0.1) is 16.8 Å². The summed E-state index contributed by atoms with van der Waals surface area (Å²) in [6, 6.07) is 7.29. The van der Waals surface area contributed by atoms with Crippen molar-refractivity contribution in [2.45, 2.75) is 11.6 Å². The average Bonchev–Trinajstić information content (AvgIpc) is 3.14. The maximum atomic E-state index is 11.5. The van der Waals surface area contributed by atoms with Gasteiger partial charge in [-0.3, -0.25) is 0 Å². The van der Waals surface area contributed by atoms with E-state index in [4.69, 9.17) is 16.0 Å². The van der Waals surface area contributed by atoms with E-state index in [-0.39, 0.29) is 0 Å². The van der Waals surface area contributed by atoms with Crippen LogP contribution in [0.2, 0.25) is 5.02 Å². The first-order valence-electron chi connectivity index (χ1n) is 7.10. The van der Waals surface area contributed by atoms with Crippen molar-refractivity contribution in [1.29, 1.82) is 0 Å². The van der Waals surface area contributed by atoms with Gasteiger partial charge in [0.25, 0.3) is 5.22 Å². The summed E-state index contributed by atoms with van der Waals surface area (Å²) in [4.78, 5) is 0. The fourth-order valence-corrected chi connectivity index (χ4v) is 4.46. The van der Waals surface area contributed by atoms with E-state index in [9.17, 15) is 8.42 Å². The molecule has 0 bridgehead atoms. The van der Waals surface area contributed by atoms with Crippen LogP contribution in [0, 0.1) is 5.92 Å². The molecule has 2 aromatic rings. The highest BCUT2D eigenvalue weighted by atomic mass is 35.5. The smallest absolute Gasteiger partial charge is 0.276 e. The number of hydrogen-bond donors (Lipinski definition) is 0. The second kappa shape index (κ2) is 6.80. The Morgan fingerprint density at radius 1 is 1.39 bits per heavy atom. The molecule has 0 aliphatic carbocycles. The summed E-state index contributed by atoms with van der Waals surface area (Å²) in [6.45, 7) is 1.14. The molecule has 1 aliphatic heterocycles. The first-order chi connectivity index (χ1) is 10.9. The number of benzene rings is 1. The maximum Gasteiger partial charge on any atom is 0.276 e. The Kier molecular flexibility index (Phi) is 4.96. The molecule has 0 saturated carbocycles. The third kappa shape index (κ3) is 4.06. The van der Waals surface area contributed by atoms with Crippen molar-refractivity contribution in [3.63, 3.8) is 0 Å². The Labute approximate surface area is 144 Å². The molecule has 124 valence electrons. The van der Waals surface area contributed by atoms with Gasteiger partial charge in [-0.15, -0.1) is 10.2 Å². The second-order valence-corrected chi connectivity index (χ2v) is 8.80. The largest absolute Gasteiger partial charge is 0.411 e. The quantitative estimate of drug-likeness (QED) is 0.750. The van der Waals surface area contributed by atoms with Crippen LogP contribution < -0.4 is 0 Å². The highest BCUT2D eigenvalue weighted by Gasteiger charge is 2.28. The van der Waals surface area contributed by atoms with Crippen molar-refractivity contribution < 1.29 is 12.8 Å². The Balaban J connectivity index is 1.60. The number of thioether (sulfide) groups is 1. The summed E-state index contributed by atoms with van der Waals surface area (Å²) >= 11 is 7.56. The lowest BCUT2D eigenvalue weighted by Gasteiger charge is -2.12. The number of halogens is 1. The third-order valence-corrected chi connectivity index (χ3v) is 6.32. The van der Waals surface area contributed by atoms with E-state index in [1.165, 1.54) is 22.3 Å². The Morgan fingerprint density at radius 2 is 2.17 bits per heavy atom. The van der Waals surface area contributed by atoms with Crippen LogP contribution in [0.1, 0.15) is 6.42 Å². The standard InChI is InChI=1S/C14H16ClN3O3S2/c1-23(19,20)18-7-6-10(8-18)9-22-14-17-16-13(21-14)11-4-2-3-5-12(11)15/h2-5,10H,6-9H2,1H3. The number of rotatable bonds is 5. The van der Waals surface area contributed by atoms with Gasteiger partial charge in [0.2, 0.25) is 15.9 Å². The van der Waals surface area contributed by atoms with Gasteiger partial charge in [-0.05, 0) is 24.5 Å². The molecule has 3 rings (SSSR count). The monoisotopic (exact) mass is 373 g/mol. The number of hydrogen-bond acceptors (Lipinski definition) is 6. The van der Waals surface area contributed by atoms with Gasteiger partial charge >= 0.3 is 0 Å². The van der Waals surface area contributed by atoms with E-state index >= 15 is 0 Å². The minimum absolute atomic E-state index is 0.297. The molecule has 0 spiro atoms. The highest BCUT2D eigenvalue weighted by molar-refractivity contribution is 7.99. The zero-order chi connectivity index (χ0) is 16.4. The van der Waals surface area contributed by atoms with Crippen LogP contribution in [0.5, 0.6) is 0 Å². The van der Waals surface area contributed by atoms with Crippen molar-refractivity contribution in [3.05, 3.63) is 29.3 Å². The van der Waals surface area contributed by atoms with Crippen LogP contribution in [0.25, 0.3) is 11.5 Å². The van der Waals surface area contributed by atoms with Crippen molar-refractivity contribution >= 4 is 33.4 Å². The molecule has 0 N–H and O–H groups in total. The van der Waals surface area contributed by atoms with Gasteiger partial charge in [0, 0.05) is 18.8 Å². The van der Waals surface area contributed by atoms with Crippen molar-refractivity contribution in [1.82, 2.24) is 14.5 Å². The van der Waals surface area contributed by atoms with Crippen LogP contribution in [0.4, 0.5) is 0 Å². The normalized spacial score (nSPS) is 19.3. The van der Waals surface area contributed by atoms with Crippen LogP contribution in [-0.4, -0.2) is 48.0 Å². The summed E-state index contributed by atoms with van der Waals surface area (Å²) < 4.78 is 30.2. The van der Waals surface area contributed by atoms with Gasteiger partial charge in [0.1, 0.15) is 0 Å². The molecule has 1 unspecified atom stereocenters. The SMILES string of the molecule is CS(=O)(=O)N1CCC(CSc2nnc(-c3ccccc3Cl)o2)C1. The molecule has 1 saturated heterocycles. The summed E-state index contributed by atoms with van der Waals surface area (Å²) in [5.41, 5.74) is 0.706. The molecule has 1 aromatic heterocycles. The molecule has 9 heteroatoms. The van der Waals surface area contributed by atoms with Gasteiger partial charge in [0.15, 0.2) is 0 Å². The van der Waals surface area contributed by atoms with Gasteiger partial charge in [-0.2, -0.15) is 0 Å². The lowest BCUT2D eigenvalue weighted by molar-refractivity contribution is 0.461. The van der Waals surface area contributed by atoms with E-state index in [0.29, 0.717) is 40.7 Å². The van der Waals surface area contributed by atoms with Crippen molar-refractivity contribution in [2.24, 2.45) is 5.92 Å². The van der Waals surface area contributed by atoms with Crippen molar-refractivity contribution in [3.8, 4) is 11.5 Å². The van der Waals surface area contributed by atoms with E-state index in [0.717, 1.165) is 12.2 Å². The summed E-state index contributed by atoms with van der Waals surface area (Å²) in [5.74, 6) is 1.43. The average molecular weight is 374 g/mol. The van der Waals surface area contributed by atoms with E-state index in [1.807, 2.05) is 18.2 Å². The van der Waals surface area contributed by atoms with Gasteiger partial charge in [-0.25, -0.2) is 12.7 Å². The molecule has 2 heterocycles. The fourth-order valence-electron chi connectivity index (χ4n) is 2.44. The molecular weight excluding hydrogens is 358 g/mol. The molecule has 1 atom stereocenters. The lowest BCUT2D eigenvalue weighted by Crippen LogP contribution is -2.27. The van der Waals surface area contributed by atoms with Crippen LogP contribution in [0.15, 0.2) is 33.9 Å². The maximum absolute atomic E-state index is 11.5. The zero-order valence-electron chi connectivity index (χ0n) is 12.5. The number of aromatic nitrogens is 2. The Bertz CT molecular complexity index is 794. The summed E-state index contributed by atoms with van der Waals surface area (Å²) in [7, 11) is -3.10. The minimum Gasteiger partial charge on any atom is -0.411 e. The third-order valence-electron chi connectivity index (χ3n) is 3.67. The Morgan fingerprint density at radius 3 is 2.87 bits per heavy atom. The molecule has 0 radical (unpaired) electrons. The zero-order valence-corrected chi connectivity index (χ0v) is 14.9. The van der Waals surface area contributed by atoms with Crippen LogP contribution in [-0.2, 0) is 10.0 Å². The summed E-state index contributed by atoms with van der Waals surface area (Å²) in [5, 5.41) is 9.07.